The van der Waals surface area contributed by atoms with Crippen molar-refractivity contribution in [3.05, 3.63) is 57.0 Å². The number of aromatic nitrogens is 4. The Morgan fingerprint density at radius 1 is 1.07 bits per heavy atom. The number of benzene rings is 1. The minimum atomic E-state index is -0.383. The molecule has 2 heterocycles. The number of hydrogen-bond acceptors (Lipinski definition) is 5. The minimum absolute atomic E-state index is 0.0939. The molecule has 1 aromatic carbocycles. The first-order valence-corrected chi connectivity index (χ1v) is 8.92. The first kappa shape index (κ1) is 18.9. The van der Waals surface area contributed by atoms with Crippen molar-refractivity contribution in [3.8, 4) is 5.75 Å². The summed E-state index contributed by atoms with van der Waals surface area (Å²) in [6.07, 6.45) is 2.43. The second-order valence-corrected chi connectivity index (χ2v) is 7.11. The minimum Gasteiger partial charge on any atom is -0.508 e. The number of fused-ring (bicyclic) bond motifs is 1. The van der Waals surface area contributed by atoms with E-state index in [1.807, 2.05) is 19.1 Å². The average molecular weight is 371 g/mol. The number of phenolic OH excluding ortho intramolecular Hbond substituents is 1. The van der Waals surface area contributed by atoms with Crippen molar-refractivity contribution in [3.63, 3.8) is 0 Å². The van der Waals surface area contributed by atoms with Crippen LogP contribution in [0.25, 0.3) is 11.2 Å². The van der Waals surface area contributed by atoms with Gasteiger partial charge in [-0.3, -0.25) is 13.9 Å². The van der Waals surface area contributed by atoms with Crippen LogP contribution in [-0.2, 0) is 27.1 Å². The molecule has 0 aliphatic carbocycles. The van der Waals surface area contributed by atoms with E-state index in [2.05, 4.69) is 17.2 Å². The molecule has 0 spiro atoms. The Hall–Kier alpha value is -2.87. The molecule has 0 saturated carbocycles. The van der Waals surface area contributed by atoms with E-state index in [-0.39, 0.29) is 29.1 Å². The van der Waals surface area contributed by atoms with E-state index in [1.165, 1.54) is 11.6 Å². The lowest BCUT2D eigenvalue weighted by atomic mass is 10.1. The summed E-state index contributed by atoms with van der Waals surface area (Å²) in [5.74, 6) is 0.260. The molecule has 2 aromatic heterocycles. The zero-order chi connectivity index (χ0) is 19.7. The van der Waals surface area contributed by atoms with Crippen LogP contribution in [0.2, 0.25) is 0 Å². The van der Waals surface area contributed by atoms with E-state index in [9.17, 15) is 14.7 Å². The third-order valence-corrected chi connectivity index (χ3v) is 4.74. The Labute approximate surface area is 156 Å². The van der Waals surface area contributed by atoms with E-state index < -0.39 is 0 Å². The van der Waals surface area contributed by atoms with Crippen molar-refractivity contribution in [2.75, 3.05) is 0 Å². The van der Waals surface area contributed by atoms with Gasteiger partial charge >= 0.3 is 5.69 Å². The summed E-state index contributed by atoms with van der Waals surface area (Å²) in [6, 6.07) is 7.49. The van der Waals surface area contributed by atoms with Gasteiger partial charge in [-0.1, -0.05) is 12.1 Å². The maximum absolute atomic E-state index is 12.5. The smallest absolute Gasteiger partial charge is 0.332 e. The van der Waals surface area contributed by atoms with Crippen LogP contribution in [-0.4, -0.2) is 35.9 Å². The third kappa shape index (κ3) is 3.80. The molecular formula is C19H25N5O3. The van der Waals surface area contributed by atoms with Gasteiger partial charge in [0.15, 0.2) is 11.2 Å². The molecule has 0 fully saturated rings. The van der Waals surface area contributed by atoms with Gasteiger partial charge in [-0.05, 0) is 38.0 Å². The van der Waals surface area contributed by atoms with Gasteiger partial charge in [0.1, 0.15) is 5.75 Å². The molecule has 0 bridgehead atoms. The molecule has 2 atom stereocenters. The zero-order valence-corrected chi connectivity index (χ0v) is 16.0. The van der Waals surface area contributed by atoms with Crippen molar-refractivity contribution in [2.24, 2.45) is 14.1 Å². The van der Waals surface area contributed by atoms with Gasteiger partial charge in [-0.15, -0.1) is 0 Å². The van der Waals surface area contributed by atoms with Crippen molar-refractivity contribution >= 4 is 11.2 Å². The molecular weight excluding hydrogens is 346 g/mol. The number of phenols is 1. The number of aryl methyl sites for hydroxylation is 1. The molecule has 8 nitrogen and oxygen atoms in total. The van der Waals surface area contributed by atoms with Crippen LogP contribution in [0, 0.1) is 0 Å². The van der Waals surface area contributed by atoms with Crippen LogP contribution in [0.15, 0.2) is 40.2 Å². The van der Waals surface area contributed by atoms with Crippen LogP contribution >= 0.6 is 0 Å². The largest absolute Gasteiger partial charge is 0.508 e. The van der Waals surface area contributed by atoms with Crippen LogP contribution in [0.1, 0.15) is 19.4 Å². The second kappa shape index (κ2) is 7.40. The predicted octanol–water partition coefficient (Wildman–Crippen LogP) is 0.749. The number of nitrogens with zero attached hydrogens (tertiary/aromatic N) is 4. The van der Waals surface area contributed by atoms with Crippen LogP contribution in [0.3, 0.4) is 0 Å². The Morgan fingerprint density at radius 2 is 1.74 bits per heavy atom. The van der Waals surface area contributed by atoms with E-state index >= 15 is 0 Å². The first-order chi connectivity index (χ1) is 12.8. The van der Waals surface area contributed by atoms with Gasteiger partial charge in [0.05, 0.1) is 6.33 Å². The molecule has 3 aromatic rings. The molecule has 0 radical (unpaired) electrons. The summed E-state index contributed by atoms with van der Waals surface area (Å²) in [7, 11) is 3.09. The average Bonchev–Trinajstić information content (AvgIpc) is 3.03. The van der Waals surface area contributed by atoms with Crippen molar-refractivity contribution in [1.29, 1.82) is 0 Å². The Kier molecular flexibility index (Phi) is 5.18. The van der Waals surface area contributed by atoms with Crippen molar-refractivity contribution in [2.45, 2.75) is 38.9 Å². The molecule has 27 heavy (non-hydrogen) atoms. The molecule has 2 unspecified atom stereocenters. The molecule has 0 saturated heterocycles. The van der Waals surface area contributed by atoms with Crippen LogP contribution in [0.5, 0.6) is 5.75 Å². The maximum Gasteiger partial charge on any atom is 0.332 e. The van der Waals surface area contributed by atoms with Gasteiger partial charge in [0.25, 0.3) is 5.56 Å². The van der Waals surface area contributed by atoms with E-state index in [4.69, 9.17) is 0 Å². The fraction of sp³-hybridized carbons (Fsp3) is 0.421. The molecule has 0 aliphatic heterocycles. The van der Waals surface area contributed by atoms with Gasteiger partial charge in [0.2, 0.25) is 0 Å². The monoisotopic (exact) mass is 371 g/mol. The van der Waals surface area contributed by atoms with E-state index in [0.717, 1.165) is 16.6 Å². The second-order valence-electron chi connectivity index (χ2n) is 7.11. The fourth-order valence-corrected chi connectivity index (χ4v) is 3.41. The summed E-state index contributed by atoms with van der Waals surface area (Å²) >= 11 is 0. The highest BCUT2D eigenvalue weighted by molar-refractivity contribution is 5.69. The molecule has 3 rings (SSSR count). The summed E-state index contributed by atoms with van der Waals surface area (Å²) in [5.41, 5.74) is 1.24. The lowest BCUT2D eigenvalue weighted by Crippen LogP contribution is -2.40. The molecule has 0 aliphatic rings. The van der Waals surface area contributed by atoms with Gasteiger partial charge < -0.3 is 15.0 Å². The fourth-order valence-electron chi connectivity index (χ4n) is 3.41. The predicted molar refractivity (Wildman–Crippen MR) is 104 cm³/mol. The van der Waals surface area contributed by atoms with Crippen molar-refractivity contribution in [1.82, 2.24) is 24.0 Å². The number of imidazole rings is 1. The summed E-state index contributed by atoms with van der Waals surface area (Å²) in [5, 5.41) is 12.9. The summed E-state index contributed by atoms with van der Waals surface area (Å²) in [6.45, 7) is 4.70. The number of rotatable bonds is 6. The Bertz CT molecular complexity index is 1060. The number of nitrogens with one attached hydrogen (secondary N) is 1. The van der Waals surface area contributed by atoms with Gasteiger partial charge in [-0.25, -0.2) is 9.78 Å². The molecule has 144 valence electrons. The highest BCUT2D eigenvalue weighted by Gasteiger charge is 2.16. The van der Waals surface area contributed by atoms with E-state index in [1.54, 1.807) is 30.1 Å². The van der Waals surface area contributed by atoms with Crippen molar-refractivity contribution < 1.29 is 5.11 Å². The molecule has 2 N–H and O–H groups in total. The van der Waals surface area contributed by atoms with E-state index in [0.29, 0.717) is 17.7 Å². The summed E-state index contributed by atoms with van der Waals surface area (Å²) < 4.78 is 4.28. The highest BCUT2D eigenvalue weighted by Crippen LogP contribution is 2.12. The zero-order valence-electron chi connectivity index (χ0n) is 16.0. The first-order valence-electron chi connectivity index (χ1n) is 8.92. The summed E-state index contributed by atoms with van der Waals surface area (Å²) in [4.78, 5) is 28.8. The van der Waals surface area contributed by atoms with Gasteiger partial charge in [0, 0.05) is 32.7 Å². The molecule has 8 heteroatoms. The maximum atomic E-state index is 12.5. The SMILES string of the molecule is CC(Cc1ccc(O)cc1)NC(C)Cn1cnc2c1c(=O)n(C)c(=O)n2C. The van der Waals surface area contributed by atoms with Crippen LogP contribution < -0.4 is 16.6 Å². The Morgan fingerprint density at radius 3 is 2.41 bits per heavy atom. The number of hydrogen-bond donors (Lipinski definition) is 2. The third-order valence-electron chi connectivity index (χ3n) is 4.74. The molecule has 0 amide bonds. The van der Waals surface area contributed by atoms with Crippen LogP contribution in [0.4, 0.5) is 0 Å². The standard InChI is InChI=1S/C19H25N5O3/c1-12(9-14-5-7-15(25)8-6-14)21-13(2)10-24-11-20-17-16(24)18(26)23(4)19(27)22(17)3/h5-8,11-13,21,25H,9-10H2,1-4H3. The highest BCUT2D eigenvalue weighted by atomic mass is 16.3. The topological polar surface area (TPSA) is 94.1 Å². The van der Waals surface area contributed by atoms with Gasteiger partial charge in [-0.2, -0.15) is 0 Å². The lowest BCUT2D eigenvalue weighted by molar-refractivity contribution is 0.424. The quantitative estimate of drug-likeness (QED) is 0.667. The Balaban J connectivity index is 1.74. The normalized spacial score (nSPS) is 13.8. The lowest BCUT2D eigenvalue weighted by Gasteiger charge is -2.21. The number of aromatic hydroxyl groups is 1.